The molecule has 4 heteroatoms. The Hall–Kier alpha value is -3.24. The second kappa shape index (κ2) is 11.8. The highest BCUT2D eigenvalue weighted by molar-refractivity contribution is 5.73. The van der Waals surface area contributed by atoms with Crippen LogP contribution in [0.25, 0.3) is 12.2 Å². The van der Waals surface area contributed by atoms with Crippen LogP contribution in [0.1, 0.15) is 29.2 Å². The van der Waals surface area contributed by atoms with Gasteiger partial charge in [0, 0.05) is 12.2 Å². The van der Waals surface area contributed by atoms with Crippen molar-refractivity contribution in [2.45, 2.75) is 19.8 Å². The summed E-state index contributed by atoms with van der Waals surface area (Å²) in [7, 11) is 1.70. The van der Waals surface area contributed by atoms with Gasteiger partial charge in [0.2, 0.25) is 0 Å². The topological polar surface area (TPSA) is 47.9 Å². The van der Waals surface area contributed by atoms with Crippen LogP contribution in [-0.2, 0) is 17.6 Å². The lowest BCUT2D eigenvalue weighted by Crippen LogP contribution is -2.06. The van der Waals surface area contributed by atoms with Crippen LogP contribution >= 0.6 is 0 Å². The van der Waals surface area contributed by atoms with E-state index < -0.39 is 0 Å². The lowest BCUT2D eigenvalue weighted by molar-refractivity contribution is 0.110. The fraction of sp³-hybridized carbons (Fsp3) is 0.259. The molecule has 0 bridgehead atoms. The molecule has 0 heterocycles. The van der Waals surface area contributed by atoms with E-state index in [1.54, 1.807) is 19.2 Å². The van der Waals surface area contributed by atoms with E-state index in [1.165, 1.54) is 11.1 Å². The molecular weight excluding hydrogens is 388 g/mol. The first-order valence-corrected chi connectivity index (χ1v) is 10.6. The molecule has 0 atom stereocenters. The van der Waals surface area contributed by atoms with Gasteiger partial charge in [0.25, 0.3) is 0 Å². The van der Waals surface area contributed by atoms with Crippen molar-refractivity contribution in [3.63, 3.8) is 0 Å². The highest BCUT2D eigenvalue weighted by Crippen LogP contribution is 2.24. The first-order chi connectivity index (χ1) is 15.2. The van der Waals surface area contributed by atoms with Gasteiger partial charge in [0.1, 0.15) is 23.9 Å². The number of rotatable bonds is 11. The van der Waals surface area contributed by atoms with Crippen LogP contribution in [0.2, 0.25) is 0 Å². The number of hydrogen-bond acceptors (Lipinski definition) is 4. The van der Waals surface area contributed by atoms with Crippen molar-refractivity contribution >= 4 is 12.2 Å². The molecule has 3 aromatic rings. The molecule has 0 aliphatic carbocycles. The SMILES string of the molecule is CCOCCOc1ccc(/C=C/c2ccc(CCc3ccc(O)cc3)cc2OC)cc1. The zero-order chi connectivity index (χ0) is 21.9. The number of phenolic OH excluding ortho intramolecular Hbond substituents is 1. The van der Waals surface area contributed by atoms with E-state index >= 15 is 0 Å². The summed E-state index contributed by atoms with van der Waals surface area (Å²) in [6, 6.07) is 21.7. The molecule has 31 heavy (non-hydrogen) atoms. The zero-order valence-electron chi connectivity index (χ0n) is 18.2. The second-order valence-corrected chi connectivity index (χ2v) is 7.19. The smallest absolute Gasteiger partial charge is 0.126 e. The van der Waals surface area contributed by atoms with E-state index in [-0.39, 0.29) is 0 Å². The minimum absolute atomic E-state index is 0.297. The third kappa shape index (κ3) is 7.19. The number of aromatic hydroxyl groups is 1. The van der Waals surface area contributed by atoms with Gasteiger partial charge >= 0.3 is 0 Å². The van der Waals surface area contributed by atoms with Crippen LogP contribution in [-0.4, -0.2) is 32.0 Å². The molecular formula is C27H30O4. The molecule has 1 N–H and O–H groups in total. The molecule has 0 saturated heterocycles. The van der Waals surface area contributed by atoms with E-state index in [1.807, 2.05) is 43.3 Å². The van der Waals surface area contributed by atoms with Gasteiger partial charge in [-0.2, -0.15) is 0 Å². The molecule has 0 unspecified atom stereocenters. The normalized spacial score (nSPS) is 11.0. The predicted octanol–water partition coefficient (Wildman–Crippen LogP) is 5.77. The van der Waals surface area contributed by atoms with E-state index in [0.29, 0.717) is 25.6 Å². The molecule has 4 nitrogen and oxygen atoms in total. The minimum Gasteiger partial charge on any atom is -0.508 e. The summed E-state index contributed by atoms with van der Waals surface area (Å²) in [5.74, 6) is 1.99. The van der Waals surface area contributed by atoms with Gasteiger partial charge in [-0.25, -0.2) is 0 Å². The number of phenols is 1. The van der Waals surface area contributed by atoms with E-state index in [0.717, 1.165) is 35.5 Å². The summed E-state index contributed by atoms with van der Waals surface area (Å²) in [6.07, 6.45) is 5.96. The Morgan fingerprint density at radius 3 is 2.23 bits per heavy atom. The second-order valence-electron chi connectivity index (χ2n) is 7.19. The number of aryl methyl sites for hydroxylation is 2. The van der Waals surface area contributed by atoms with Crippen LogP contribution in [0.15, 0.2) is 66.7 Å². The average Bonchev–Trinajstić information content (AvgIpc) is 2.81. The fourth-order valence-electron chi connectivity index (χ4n) is 3.22. The highest BCUT2D eigenvalue weighted by Gasteiger charge is 2.04. The maximum Gasteiger partial charge on any atom is 0.126 e. The van der Waals surface area contributed by atoms with E-state index in [2.05, 4.69) is 30.4 Å². The summed E-state index contributed by atoms with van der Waals surface area (Å²) in [6.45, 7) is 3.83. The quantitative estimate of drug-likeness (QED) is 0.317. The van der Waals surface area contributed by atoms with Gasteiger partial charge in [-0.05, 0) is 66.8 Å². The fourth-order valence-corrected chi connectivity index (χ4v) is 3.22. The molecule has 3 aromatic carbocycles. The average molecular weight is 419 g/mol. The summed E-state index contributed by atoms with van der Waals surface area (Å²) in [5, 5.41) is 9.41. The van der Waals surface area contributed by atoms with Gasteiger partial charge < -0.3 is 19.3 Å². The van der Waals surface area contributed by atoms with Crippen LogP contribution in [0.5, 0.6) is 17.2 Å². The van der Waals surface area contributed by atoms with Crippen LogP contribution < -0.4 is 9.47 Å². The van der Waals surface area contributed by atoms with Gasteiger partial charge in [0.05, 0.1) is 13.7 Å². The van der Waals surface area contributed by atoms with Crippen LogP contribution in [0, 0.1) is 0 Å². The Labute approximate surface area is 184 Å². The number of ether oxygens (including phenoxy) is 3. The molecule has 0 radical (unpaired) electrons. The van der Waals surface area contributed by atoms with E-state index in [9.17, 15) is 5.11 Å². The maximum absolute atomic E-state index is 9.41. The van der Waals surface area contributed by atoms with Gasteiger partial charge in [-0.15, -0.1) is 0 Å². The summed E-state index contributed by atoms with van der Waals surface area (Å²) in [5.41, 5.74) is 4.55. The third-order valence-electron chi connectivity index (χ3n) is 4.97. The Bertz CT molecular complexity index is 960. The Morgan fingerprint density at radius 1 is 0.806 bits per heavy atom. The molecule has 0 aromatic heterocycles. The largest absolute Gasteiger partial charge is 0.508 e. The van der Waals surface area contributed by atoms with Crippen molar-refractivity contribution in [1.29, 1.82) is 0 Å². The molecule has 0 fully saturated rings. The van der Waals surface area contributed by atoms with Gasteiger partial charge in [-0.3, -0.25) is 0 Å². The predicted molar refractivity (Wildman–Crippen MR) is 126 cm³/mol. The maximum atomic E-state index is 9.41. The van der Waals surface area contributed by atoms with E-state index in [4.69, 9.17) is 14.2 Å². The first-order valence-electron chi connectivity index (χ1n) is 10.6. The van der Waals surface area contributed by atoms with Gasteiger partial charge in [0.15, 0.2) is 0 Å². The van der Waals surface area contributed by atoms with Crippen molar-refractivity contribution in [3.05, 3.63) is 89.0 Å². The molecule has 3 rings (SSSR count). The zero-order valence-corrected chi connectivity index (χ0v) is 18.2. The number of benzene rings is 3. The van der Waals surface area contributed by atoms with Crippen molar-refractivity contribution in [1.82, 2.24) is 0 Å². The molecule has 0 amide bonds. The highest BCUT2D eigenvalue weighted by atomic mass is 16.5. The Morgan fingerprint density at radius 2 is 1.52 bits per heavy atom. The summed E-state index contributed by atoms with van der Waals surface area (Å²) < 4.78 is 16.5. The monoisotopic (exact) mass is 418 g/mol. The van der Waals surface area contributed by atoms with Crippen molar-refractivity contribution in [2.24, 2.45) is 0 Å². The van der Waals surface area contributed by atoms with Crippen LogP contribution in [0.4, 0.5) is 0 Å². The lowest BCUT2D eigenvalue weighted by Gasteiger charge is -2.09. The summed E-state index contributed by atoms with van der Waals surface area (Å²) in [4.78, 5) is 0. The number of methoxy groups -OCH3 is 1. The molecule has 0 aliphatic heterocycles. The number of hydrogen-bond donors (Lipinski definition) is 1. The summed E-state index contributed by atoms with van der Waals surface area (Å²) >= 11 is 0. The molecule has 0 aliphatic rings. The standard InChI is InChI=1S/C27H30O4/c1-3-30-18-19-31-26-16-10-22(11-17-26)6-12-24-13-7-23(20-27(24)29-2)5-4-21-8-14-25(28)15-9-21/h6-17,20,28H,3-5,18-19H2,1-2H3/b12-6+. The van der Waals surface area contributed by atoms with Gasteiger partial charge in [-0.1, -0.05) is 48.6 Å². The molecule has 162 valence electrons. The lowest BCUT2D eigenvalue weighted by atomic mass is 10.0. The van der Waals surface area contributed by atoms with Crippen molar-refractivity contribution in [3.8, 4) is 17.2 Å². The molecule has 0 spiro atoms. The Kier molecular flexibility index (Phi) is 8.56. The molecule has 0 saturated carbocycles. The van der Waals surface area contributed by atoms with Crippen molar-refractivity contribution < 1.29 is 19.3 Å². The first kappa shape index (κ1) is 22.4. The van der Waals surface area contributed by atoms with Crippen LogP contribution in [0.3, 0.4) is 0 Å². The third-order valence-corrected chi connectivity index (χ3v) is 4.97. The minimum atomic E-state index is 0.297. The Balaban J connectivity index is 1.59. The van der Waals surface area contributed by atoms with Crippen molar-refractivity contribution in [2.75, 3.05) is 26.9 Å².